The van der Waals surface area contributed by atoms with Crippen LogP contribution in [0.4, 0.5) is 0 Å². The molecule has 66 heavy (non-hydrogen) atoms. The number of nitrogens with zero attached hydrogens (tertiary/aromatic N) is 5. The summed E-state index contributed by atoms with van der Waals surface area (Å²) in [5, 5.41) is 13.3. The predicted octanol–water partition coefficient (Wildman–Crippen LogP) is 15.5. The van der Waals surface area contributed by atoms with Gasteiger partial charge in [-0.1, -0.05) is 121 Å². The SMILES string of the molecule is c1ccc2cc3c(cc2c1)c1cc2ccccc2cc1n3-c1ccc2c(oc3ccccc32)c1-c1nc(-c2ccc3oc4ccccc4c3c2)nc(-n2c3ccccc3c3ccccc32)n1. The molecule has 0 unspecified atom stereocenters. The molecule has 7 heteroatoms. The molecule has 7 nitrogen and oxygen atoms in total. The van der Waals surface area contributed by atoms with Crippen molar-refractivity contribution >= 4 is 109 Å². The zero-order valence-corrected chi connectivity index (χ0v) is 35.1. The Labute approximate surface area is 375 Å². The standard InChI is InChI=1S/C59H33N5O2/c1-3-15-36-32-50-44(29-34(36)13-1)45-30-35-14-2-4-16-37(35)33-51(45)63(50)49-27-26-43-41-19-7-12-24-53(41)66-56(43)55(49)58-60-57(38-25-28-54-46(31-38)42-20-8-11-23-52(42)65-54)61-59(62-58)64-47-21-9-5-17-39(47)40-18-6-10-22-48(40)64/h1-33H. The fraction of sp³-hybridized carbons (Fsp3) is 0. The quantitative estimate of drug-likeness (QED) is 0.176. The molecule has 15 aromatic rings. The number of hydrogen-bond acceptors (Lipinski definition) is 5. The van der Waals surface area contributed by atoms with Gasteiger partial charge in [-0.05, 0) is 100 Å². The summed E-state index contributed by atoms with van der Waals surface area (Å²) in [5.41, 5.74) is 9.78. The highest BCUT2D eigenvalue weighted by Crippen LogP contribution is 2.44. The van der Waals surface area contributed by atoms with Gasteiger partial charge in [-0.25, -0.2) is 4.98 Å². The van der Waals surface area contributed by atoms with E-state index in [0.29, 0.717) is 23.2 Å². The first-order chi connectivity index (χ1) is 32.7. The van der Waals surface area contributed by atoms with Crippen molar-refractivity contribution in [3.8, 4) is 34.4 Å². The predicted molar refractivity (Wildman–Crippen MR) is 269 cm³/mol. The highest BCUT2D eigenvalue weighted by molar-refractivity contribution is 6.18. The third-order valence-corrected chi connectivity index (χ3v) is 13.5. The van der Waals surface area contributed by atoms with Gasteiger partial charge in [-0.3, -0.25) is 4.57 Å². The van der Waals surface area contributed by atoms with Gasteiger partial charge < -0.3 is 13.4 Å². The van der Waals surface area contributed by atoms with Crippen molar-refractivity contribution in [3.63, 3.8) is 0 Å². The van der Waals surface area contributed by atoms with E-state index in [-0.39, 0.29) is 0 Å². The van der Waals surface area contributed by atoms with Crippen molar-refractivity contribution < 1.29 is 8.83 Å². The monoisotopic (exact) mass is 843 g/mol. The van der Waals surface area contributed by atoms with E-state index < -0.39 is 0 Å². The molecule has 15 rings (SSSR count). The molecule has 0 bridgehead atoms. The van der Waals surface area contributed by atoms with Crippen LogP contribution in [0.1, 0.15) is 0 Å². The van der Waals surface area contributed by atoms with Gasteiger partial charge in [-0.2, -0.15) is 9.97 Å². The van der Waals surface area contributed by atoms with Crippen LogP contribution >= 0.6 is 0 Å². The van der Waals surface area contributed by atoms with Crippen LogP contribution in [0.3, 0.4) is 0 Å². The largest absolute Gasteiger partial charge is 0.456 e. The maximum Gasteiger partial charge on any atom is 0.238 e. The summed E-state index contributed by atoms with van der Waals surface area (Å²) in [7, 11) is 0. The minimum atomic E-state index is 0.491. The molecule has 0 saturated heterocycles. The molecule has 0 amide bonds. The molecule has 10 aromatic carbocycles. The Bertz CT molecular complexity index is 4400. The van der Waals surface area contributed by atoms with E-state index in [2.05, 4.69) is 167 Å². The van der Waals surface area contributed by atoms with Gasteiger partial charge >= 0.3 is 0 Å². The normalized spacial score (nSPS) is 12.2. The van der Waals surface area contributed by atoms with Crippen LogP contribution in [0, 0.1) is 0 Å². The molecule has 0 atom stereocenters. The summed E-state index contributed by atoms with van der Waals surface area (Å²) in [4.78, 5) is 16.5. The Hall–Kier alpha value is -9.07. The molecule has 0 spiro atoms. The van der Waals surface area contributed by atoms with Crippen molar-refractivity contribution in [3.05, 3.63) is 200 Å². The molecule has 306 valence electrons. The smallest absolute Gasteiger partial charge is 0.238 e. The molecule has 0 saturated carbocycles. The fourth-order valence-electron chi connectivity index (χ4n) is 10.5. The lowest BCUT2D eigenvalue weighted by Gasteiger charge is -2.16. The van der Waals surface area contributed by atoms with Crippen LogP contribution in [-0.4, -0.2) is 24.1 Å². The second-order valence-electron chi connectivity index (χ2n) is 17.2. The number of aromatic nitrogens is 5. The van der Waals surface area contributed by atoms with Crippen molar-refractivity contribution in [2.45, 2.75) is 0 Å². The Morgan fingerprint density at radius 2 is 0.833 bits per heavy atom. The van der Waals surface area contributed by atoms with Gasteiger partial charge in [0.25, 0.3) is 0 Å². The van der Waals surface area contributed by atoms with E-state index in [1.807, 2.05) is 42.5 Å². The van der Waals surface area contributed by atoms with E-state index in [0.717, 1.165) is 109 Å². The lowest BCUT2D eigenvalue weighted by Crippen LogP contribution is -2.08. The third-order valence-electron chi connectivity index (χ3n) is 13.5. The van der Waals surface area contributed by atoms with Crippen LogP contribution < -0.4 is 0 Å². The minimum absolute atomic E-state index is 0.491. The first-order valence-corrected chi connectivity index (χ1v) is 22.2. The average Bonchev–Trinajstić information content (AvgIpc) is 4.12. The Balaban J connectivity index is 1.11. The number of benzene rings is 10. The van der Waals surface area contributed by atoms with Crippen molar-refractivity contribution in [2.75, 3.05) is 0 Å². The first-order valence-electron chi connectivity index (χ1n) is 22.2. The van der Waals surface area contributed by atoms with Gasteiger partial charge in [0.15, 0.2) is 11.6 Å². The van der Waals surface area contributed by atoms with E-state index in [1.54, 1.807) is 0 Å². The lowest BCUT2D eigenvalue weighted by atomic mass is 10.0. The summed E-state index contributed by atoms with van der Waals surface area (Å²) >= 11 is 0. The second kappa shape index (κ2) is 13.2. The molecule has 0 aliphatic carbocycles. The van der Waals surface area contributed by atoms with E-state index in [9.17, 15) is 0 Å². The van der Waals surface area contributed by atoms with E-state index in [1.165, 1.54) is 10.8 Å². The highest BCUT2D eigenvalue weighted by atomic mass is 16.3. The fourth-order valence-corrected chi connectivity index (χ4v) is 10.5. The van der Waals surface area contributed by atoms with Gasteiger partial charge in [0.1, 0.15) is 22.3 Å². The molecule has 0 N–H and O–H groups in total. The van der Waals surface area contributed by atoms with Crippen molar-refractivity contribution in [1.82, 2.24) is 24.1 Å². The van der Waals surface area contributed by atoms with Gasteiger partial charge in [0.2, 0.25) is 5.95 Å². The molecular formula is C59H33N5O2. The number of para-hydroxylation sites is 4. The molecule has 5 heterocycles. The molecule has 0 fully saturated rings. The third kappa shape index (κ3) is 4.99. The van der Waals surface area contributed by atoms with E-state index in [4.69, 9.17) is 23.8 Å². The molecular weight excluding hydrogens is 811 g/mol. The van der Waals surface area contributed by atoms with Crippen LogP contribution in [0.15, 0.2) is 209 Å². The van der Waals surface area contributed by atoms with Gasteiger partial charge in [0, 0.05) is 48.7 Å². The molecule has 0 radical (unpaired) electrons. The zero-order valence-electron chi connectivity index (χ0n) is 35.1. The summed E-state index contributed by atoms with van der Waals surface area (Å²) in [6.45, 7) is 0. The maximum absolute atomic E-state index is 7.02. The maximum atomic E-state index is 7.02. The van der Waals surface area contributed by atoms with Crippen molar-refractivity contribution in [1.29, 1.82) is 0 Å². The topological polar surface area (TPSA) is 74.8 Å². The molecule has 5 aromatic heterocycles. The van der Waals surface area contributed by atoms with E-state index >= 15 is 0 Å². The minimum Gasteiger partial charge on any atom is -0.456 e. The van der Waals surface area contributed by atoms with Gasteiger partial charge in [0.05, 0.1) is 33.3 Å². The summed E-state index contributed by atoms with van der Waals surface area (Å²) < 4.78 is 17.9. The number of hydrogen-bond donors (Lipinski definition) is 0. The molecule has 0 aliphatic rings. The zero-order chi connectivity index (χ0) is 43.0. The molecule has 0 aliphatic heterocycles. The number of rotatable bonds is 4. The average molecular weight is 844 g/mol. The number of fused-ring (bicyclic) bond motifs is 14. The Morgan fingerprint density at radius 1 is 0.318 bits per heavy atom. The first kappa shape index (κ1) is 35.4. The van der Waals surface area contributed by atoms with Gasteiger partial charge in [-0.15, -0.1) is 0 Å². The second-order valence-corrected chi connectivity index (χ2v) is 17.2. The van der Waals surface area contributed by atoms with Crippen LogP contribution in [0.2, 0.25) is 0 Å². The van der Waals surface area contributed by atoms with Crippen LogP contribution in [-0.2, 0) is 0 Å². The van der Waals surface area contributed by atoms with Crippen LogP contribution in [0.25, 0.3) is 143 Å². The van der Waals surface area contributed by atoms with Crippen molar-refractivity contribution in [2.24, 2.45) is 0 Å². The Kier molecular flexibility index (Phi) is 7.10. The lowest BCUT2D eigenvalue weighted by molar-refractivity contribution is 0.669. The summed E-state index contributed by atoms with van der Waals surface area (Å²) in [6.07, 6.45) is 0. The summed E-state index contributed by atoms with van der Waals surface area (Å²) in [5.74, 6) is 1.52. The highest BCUT2D eigenvalue weighted by Gasteiger charge is 2.26. The summed E-state index contributed by atoms with van der Waals surface area (Å²) in [6, 6.07) is 70.4. The number of furan rings is 2. The van der Waals surface area contributed by atoms with Crippen LogP contribution in [0.5, 0.6) is 0 Å². The Morgan fingerprint density at radius 3 is 1.48 bits per heavy atom.